The van der Waals surface area contributed by atoms with E-state index in [1.54, 1.807) is 25.1 Å². The van der Waals surface area contributed by atoms with Gasteiger partial charge in [0.15, 0.2) is 11.5 Å². The maximum atomic E-state index is 12.8. The fourth-order valence-corrected chi connectivity index (χ4v) is 3.66. The van der Waals surface area contributed by atoms with Gasteiger partial charge >= 0.3 is 0 Å². The van der Waals surface area contributed by atoms with E-state index in [-0.39, 0.29) is 25.2 Å². The normalized spacial score (nSPS) is 14.4. The third kappa shape index (κ3) is 4.47. The molecular weight excluding hydrogens is 378 g/mol. The molecule has 0 spiro atoms. The second kappa shape index (κ2) is 8.59. The van der Waals surface area contributed by atoms with Crippen LogP contribution in [0.1, 0.15) is 36.0 Å². The van der Waals surface area contributed by atoms with E-state index in [9.17, 15) is 9.90 Å². The number of hydrogen-bond acceptors (Lipinski definition) is 4. The van der Waals surface area contributed by atoms with Crippen LogP contribution in [0.25, 0.3) is 0 Å². The maximum absolute atomic E-state index is 12.8. The van der Waals surface area contributed by atoms with Gasteiger partial charge in [-0.1, -0.05) is 66.7 Å². The van der Waals surface area contributed by atoms with Gasteiger partial charge in [0, 0.05) is 12.3 Å². The van der Waals surface area contributed by atoms with Gasteiger partial charge in [0.2, 0.25) is 12.7 Å². The van der Waals surface area contributed by atoms with E-state index in [1.165, 1.54) is 0 Å². The summed E-state index contributed by atoms with van der Waals surface area (Å²) in [5, 5.41) is 13.8. The molecule has 3 aromatic rings. The number of carbonyl (C=O) groups excluding carboxylic acids is 1. The molecule has 154 valence electrons. The Balaban J connectivity index is 1.45. The number of fused-ring (bicyclic) bond motifs is 1. The minimum Gasteiger partial charge on any atom is -0.454 e. The highest BCUT2D eigenvalue weighted by atomic mass is 16.7. The first kappa shape index (κ1) is 20.0. The van der Waals surface area contributed by atoms with Gasteiger partial charge in [-0.3, -0.25) is 4.79 Å². The molecule has 0 aromatic heterocycles. The molecule has 3 aromatic carbocycles. The average Bonchev–Trinajstić information content (AvgIpc) is 3.25. The Labute approximate surface area is 176 Å². The number of rotatable bonds is 7. The highest BCUT2D eigenvalue weighted by molar-refractivity contribution is 5.77. The summed E-state index contributed by atoms with van der Waals surface area (Å²) < 4.78 is 10.7. The number of nitrogens with one attached hydrogen (secondary N) is 1. The Kier molecular flexibility index (Phi) is 5.72. The molecule has 0 radical (unpaired) electrons. The topological polar surface area (TPSA) is 67.8 Å². The molecule has 1 amide bonds. The van der Waals surface area contributed by atoms with Crippen molar-refractivity contribution in [3.05, 3.63) is 95.6 Å². The Morgan fingerprint density at radius 1 is 0.967 bits per heavy atom. The molecule has 1 aliphatic heterocycles. The maximum Gasteiger partial charge on any atom is 0.231 e. The van der Waals surface area contributed by atoms with E-state index < -0.39 is 5.60 Å². The van der Waals surface area contributed by atoms with Crippen molar-refractivity contribution >= 4 is 5.91 Å². The smallest absolute Gasteiger partial charge is 0.231 e. The summed E-state index contributed by atoms with van der Waals surface area (Å²) in [4.78, 5) is 12.8. The van der Waals surface area contributed by atoms with Crippen molar-refractivity contribution in [1.82, 2.24) is 5.32 Å². The van der Waals surface area contributed by atoms with Crippen LogP contribution in [-0.2, 0) is 10.4 Å². The summed E-state index contributed by atoms with van der Waals surface area (Å²) in [6.45, 7) is 1.95. The molecule has 5 heteroatoms. The zero-order valence-corrected chi connectivity index (χ0v) is 16.9. The van der Waals surface area contributed by atoms with Gasteiger partial charge in [-0.15, -0.1) is 0 Å². The zero-order valence-electron chi connectivity index (χ0n) is 16.9. The van der Waals surface area contributed by atoms with E-state index in [2.05, 4.69) is 5.32 Å². The molecule has 1 heterocycles. The summed E-state index contributed by atoms with van der Waals surface area (Å²) in [6.07, 6.45) is 0.297. The van der Waals surface area contributed by atoms with Crippen LogP contribution >= 0.6 is 0 Å². The molecule has 0 aliphatic carbocycles. The zero-order chi connectivity index (χ0) is 21.0. The van der Waals surface area contributed by atoms with Crippen LogP contribution in [0.2, 0.25) is 0 Å². The number of hydrogen-bond donors (Lipinski definition) is 2. The van der Waals surface area contributed by atoms with Crippen molar-refractivity contribution < 1.29 is 19.4 Å². The molecule has 0 saturated carbocycles. The molecule has 1 atom stereocenters. The minimum absolute atomic E-state index is 0.0529. The number of carbonyl (C=O) groups is 1. The van der Waals surface area contributed by atoms with Crippen LogP contribution in [0, 0.1) is 0 Å². The largest absolute Gasteiger partial charge is 0.454 e. The first-order chi connectivity index (χ1) is 14.5. The van der Waals surface area contributed by atoms with Crippen LogP contribution in [-0.4, -0.2) is 24.4 Å². The van der Waals surface area contributed by atoms with E-state index in [1.807, 2.05) is 60.7 Å². The Hall–Kier alpha value is -3.31. The van der Waals surface area contributed by atoms with Crippen molar-refractivity contribution in [2.75, 3.05) is 13.3 Å². The van der Waals surface area contributed by atoms with E-state index in [0.717, 1.165) is 11.1 Å². The molecule has 1 aliphatic rings. The highest BCUT2D eigenvalue weighted by Crippen LogP contribution is 2.35. The summed E-state index contributed by atoms with van der Waals surface area (Å²) in [6, 6.07) is 25.3. The van der Waals surface area contributed by atoms with Crippen LogP contribution in [0.4, 0.5) is 0 Å². The van der Waals surface area contributed by atoms with Crippen molar-refractivity contribution in [2.24, 2.45) is 0 Å². The van der Waals surface area contributed by atoms with Gasteiger partial charge in [0.1, 0.15) is 5.60 Å². The third-order valence-corrected chi connectivity index (χ3v) is 5.42. The van der Waals surface area contributed by atoms with Crippen LogP contribution in [0.5, 0.6) is 11.5 Å². The van der Waals surface area contributed by atoms with Gasteiger partial charge in [-0.25, -0.2) is 0 Å². The molecule has 0 saturated heterocycles. The van der Waals surface area contributed by atoms with Crippen molar-refractivity contribution in [3.63, 3.8) is 0 Å². The average molecular weight is 403 g/mol. The first-order valence-corrected chi connectivity index (χ1v) is 10.0. The van der Waals surface area contributed by atoms with Crippen molar-refractivity contribution in [3.8, 4) is 11.5 Å². The van der Waals surface area contributed by atoms with Gasteiger partial charge in [0.25, 0.3) is 0 Å². The van der Waals surface area contributed by atoms with Gasteiger partial charge in [-0.2, -0.15) is 0 Å². The van der Waals surface area contributed by atoms with E-state index in [0.29, 0.717) is 23.5 Å². The van der Waals surface area contributed by atoms with Gasteiger partial charge in [-0.05, 0) is 35.7 Å². The van der Waals surface area contributed by atoms with Gasteiger partial charge in [0.05, 0.1) is 6.54 Å². The summed E-state index contributed by atoms with van der Waals surface area (Å²) >= 11 is 0. The highest BCUT2D eigenvalue weighted by Gasteiger charge is 2.27. The molecule has 30 heavy (non-hydrogen) atoms. The molecular formula is C25H25NO4. The quantitative estimate of drug-likeness (QED) is 0.627. The molecule has 4 rings (SSSR count). The molecule has 0 fully saturated rings. The lowest BCUT2D eigenvalue weighted by Crippen LogP contribution is -2.39. The van der Waals surface area contributed by atoms with Crippen molar-refractivity contribution in [2.45, 2.75) is 24.9 Å². The van der Waals surface area contributed by atoms with E-state index >= 15 is 0 Å². The lowest BCUT2D eigenvalue weighted by molar-refractivity contribution is -0.122. The number of ether oxygens (including phenoxy) is 2. The predicted molar refractivity (Wildman–Crippen MR) is 114 cm³/mol. The first-order valence-electron chi connectivity index (χ1n) is 10.0. The summed E-state index contributed by atoms with van der Waals surface area (Å²) in [5.74, 6) is 1.09. The second-order valence-electron chi connectivity index (χ2n) is 7.70. The fourth-order valence-electron chi connectivity index (χ4n) is 3.66. The lowest BCUT2D eigenvalue weighted by atomic mass is 9.88. The number of benzene rings is 3. The van der Waals surface area contributed by atoms with Crippen molar-refractivity contribution in [1.29, 1.82) is 0 Å². The Morgan fingerprint density at radius 2 is 1.57 bits per heavy atom. The molecule has 0 unspecified atom stereocenters. The molecule has 0 bridgehead atoms. The standard InChI is InChI=1S/C25H25NO4/c1-25(28,20-12-13-22-23(14-20)30-17-29-22)16-26-24(27)15-21(18-8-4-2-5-9-18)19-10-6-3-7-11-19/h2-14,21,28H,15-17H2,1H3,(H,26,27)/t25-/m0/s1. The summed E-state index contributed by atoms with van der Waals surface area (Å²) in [5.41, 5.74) is 1.60. The SMILES string of the molecule is C[C@](O)(CNC(=O)CC(c1ccccc1)c1ccccc1)c1ccc2c(c1)OCO2. The molecule has 5 nitrogen and oxygen atoms in total. The van der Waals surface area contributed by atoms with Gasteiger partial charge < -0.3 is 19.9 Å². The Morgan fingerprint density at radius 3 is 2.20 bits per heavy atom. The minimum atomic E-state index is -1.23. The molecule has 2 N–H and O–H groups in total. The third-order valence-electron chi connectivity index (χ3n) is 5.42. The fraction of sp³-hybridized carbons (Fsp3) is 0.240. The number of aliphatic hydroxyl groups is 1. The number of amides is 1. The second-order valence-corrected chi connectivity index (χ2v) is 7.70. The van der Waals surface area contributed by atoms with Crippen LogP contribution < -0.4 is 14.8 Å². The lowest BCUT2D eigenvalue weighted by Gasteiger charge is -2.25. The summed E-state index contributed by atoms with van der Waals surface area (Å²) in [7, 11) is 0. The van der Waals surface area contributed by atoms with Crippen LogP contribution in [0.15, 0.2) is 78.9 Å². The van der Waals surface area contributed by atoms with E-state index in [4.69, 9.17) is 9.47 Å². The Bertz CT molecular complexity index is 963. The predicted octanol–water partition coefficient (Wildman–Crippen LogP) is 3.96. The monoisotopic (exact) mass is 403 g/mol. The van der Waals surface area contributed by atoms with Crippen LogP contribution in [0.3, 0.4) is 0 Å².